The summed E-state index contributed by atoms with van der Waals surface area (Å²) in [6.07, 6.45) is 2.19. The van der Waals surface area contributed by atoms with Gasteiger partial charge in [-0.25, -0.2) is 0 Å². The van der Waals surface area contributed by atoms with Gasteiger partial charge in [0.05, 0.1) is 6.61 Å². The summed E-state index contributed by atoms with van der Waals surface area (Å²) < 4.78 is 11.0. The fraction of sp³-hybridized carbons (Fsp3) is 0.353. The average Bonchev–Trinajstić information content (AvgIpc) is 3.17. The summed E-state index contributed by atoms with van der Waals surface area (Å²) in [6.45, 7) is 0.944. The molecule has 3 rings (SSSR count). The van der Waals surface area contributed by atoms with Crippen molar-refractivity contribution in [2.45, 2.75) is 18.9 Å². The van der Waals surface area contributed by atoms with Gasteiger partial charge in [-0.1, -0.05) is 12.1 Å². The van der Waals surface area contributed by atoms with Gasteiger partial charge in [0, 0.05) is 6.04 Å². The number of thiophene rings is 1. The Morgan fingerprint density at radius 1 is 1.23 bits per heavy atom. The molecule has 1 saturated carbocycles. The van der Waals surface area contributed by atoms with Gasteiger partial charge in [-0.3, -0.25) is 4.79 Å². The first-order valence-corrected chi connectivity index (χ1v) is 8.38. The number of hydrogen-bond acceptors (Lipinski definition) is 4. The number of nitrogens with one attached hydrogen (secondary N) is 1. The number of benzene rings is 1. The third kappa shape index (κ3) is 4.58. The van der Waals surface area contributed by atoms with Crippen LogP contribution in [0.1, 0.15) is 12.8 Å². The Bertz CT molecular complexity index is 608. The predicted octanol–water partition coefficient (Wildman–Crippen LogP) is 3.09. The first kappa shape index (κ1) is 15.1. The summed E-state index contributed by atoms with van der Waals surface area (Å²) in [7, 11) is 0. The van der Waals surface area contributed by atoms with Crippen molar-refractivity contribution in [3.63, 3.8) is 0 Å². The Morgan fingerprint density at radius 2 is 2.14 bits per heavy atom. The minimum atomic E-state index is -0.0399. The molecule has 5 heteroatoms. The number of rotatable bonds is 8. The van der Waals surface area contributed by atoms with Crippen LogP contribution in [-0.2, 0) is 9.53 Å². The van der Waals surface area contributed by atoms with Crippen molar-refractivity contribution in [2.75, 3.05) is 19.8 Å². The van der Waals surface area contributed by atoms with E-state index in [2.05, 4.69) is 28.2 Å². The highest BCUT2D eigenvalue weighted by atomic mass is 32.1. The molecule has 0 unspecified atom stereocenters. The number of ether oxygens (including phenoxy) is 2. The molecule has 4 nitrogen and oxygen atoms in total. The fourth-order valence-electron chi connectivity index (χ4n) is 2.07. The molecule has 1 heterocycles. The summed E-state index contributed by atoms with van der Waals surface area (Å²) in [6, 6.07) is 10.5. The molecule has 0 aliphatic heterocycles. The van der Waals surface area contributed by atoms with Gasteiger partial charge in [0.15, 0.2) is 0 Å². The van der Waals surface area contributed by atoms with Crippen LogP contribution in [0.3, 0.4) is 0 Å². The molecule has 1 aliphatic rings. The minimum absolute atomic E-state index is 0.0399. The zero-order valence-electron chi connectivity index (χ0n) is 12.3. The van der Waals surface area contributed by atoms with Crippen LogP contribution < -0.4 is 10.1 Å². The van der Waals surface area contributed by atoms with Crippen LogP contribution in [0.5, 0.6) is 5.75 Å². The van der Waals surface area contributed by atoms with Crippen LogP contribution in [0, 0.1) is 0 Å². The van der Waals surface area contributed by atoms with Crippen LogP contribution in [0.25, 0.3) is 11.1 Å². The Balaban J connectivity index is 1.38. The molecule has 22 heavy (non-hydrogen) atoms. The van der Waals surface area contributed by atoms with Crippen LogP contribution in [0.4, 0.5) is 0 Å². The van der Waals surface area contributed by atoms with Crippen molar-refractivity contribution in [3.05, 3.63) is 41.1 Å². The second-order valence-electron chi connectivity index (χ2n) is 5.28. The van der Waals surface area contributed by atoms with E-state index in [9.17, 15) is 4.79 Å². The summed E-state index contributed by atoms with van der Waals surface area (Å²) in [5.74, 6) is 0.775. The number of carbonyl (C=O) groups is 1. The molecular weight excluding hydrogens is 298 g/mol. The van der Waals surface area contributed by atoms with E-state index in [1.54, 1.807) is 11.3 Å². The van der Waals surface area contributed by atoms with Crippen molar-refractivity contribution in [3.8, 4) is 16.9 Å². The van der Waals surface area contributed by atoms with E-state index in [0.29, 0.717) is 19.3 Å². The molecule has 1 aromatic carbocycles. The molecule has 0 spiro atoms. The number of carbonyl (C=O) groups excluding carboxylic acids is 1. The molecule has 116 valence electrons. The summed E-state index contributed by atoms with van der Waals surface area (Å²) >= 11 is 1.68. The van der Waals surface area contributed by atoms with Gasteiger partial charge in [0.1, 0.15) is 19.0 Å². The molecule has 1 amide bonds. The topological polar surface area (TPSA) is 47.6 Å². The minimum Gasteiger partial charge on any atom is -0.491 e. The highest BCUT2D eigenvalue weighted by Crippen LogP contribution is 2.25. The molecular formula is C17H19NO3S. The Hall–Kier alpha value is -1.85. The Morgan fingerprint density at radius 3 is 2.91 bits per heavy atom. The van der Waals surface area contributed by atoms with Crippen LogP contribution in [0.15, 0.2) is 41.1 Å². The first-order valence-electron chi connectivity index (χ1n) is 7.44. The maximum absolute atomic E-state index is 11.4. The lowest BCUT2D eigenvalue weighted by Gasteiger charge is -2.08. The third-order valence-corrected chi connectivity index (χ3v) is 4.04. The summed E-state index contributed by atoms with van der Waals surface area (Å²) in [4.78, 5) is 11.4. The molecule has 0 radical (unpaired) electrons. The number of hydrogen-bond donors (Lipinski definition) is 1. The molecule has 1 N–H and O–H groups in total. The summed E-state index contributed by atoms with van der Waals surface area (Å²) in [5, 5.41) is 7.05. The molecule has 0 saturated heterocycles. The first-order chi connectivity index (χ1) is 10.8. The number of amides is 1. The SMILES string of the molecule is O=C(COCCOc1cccc(-c2ccsc2)c1)NC1CC1. The molecule has 0 atom stereocenters. The van der Waals surface area contributed by atoms with Crippen molar-refractivity contribution in [1.82, 2.24) is 5.32 Å². The lowest BCUT2D eigenvalue weighted by atomic mass is 10.1. The normalized spacial score (nSPS) is 13.8. The highest BCUT2D eigenvalue weighted by Gasteiger charge is 2.22. The zero-order chi connectivity index (χ0) is 15.2. The predicted molar refractivity (Wildman–Crippen MR) is 87.2 cm³/mol. The largest absolute Gasteiger partial charge is 0.491 e. The Kier molecular flexibility index (Phi) is 5.08. The molecule has 1 fully saturated rings. The van der Waals surface area contributed by atoms with E-state index in [-0.39, 0.29) is 12.5 Å². The summed E-state index contributed by atoms with van der Waals surface area (Å²) in [5.41, 5.74) is 2.34. The zero-order valence-corrected chi connectivity index (χ0v) is 13.1. The van der Waals surface area contributed by atoms with Gasteiger partial charge in [-0.15, -0.1) is 0 Å². The van der Waals surface area contributed by atoms with Gasteiger partial charge < -0.3 is 14.8 Å². The van der Waals surface area contributed by atoms with Gasteiger partial charge in [-0.05, 0) is 52.9 Å². The molecule has 1 aromatic heterocycles. The highest BCUT2D eigenvalue weighted by molar-refractivity contribution is 7.08. The van der Waals surface area contributed by atoms with E-state index < -0.39 is 0 Å². The monoisotopic (exact) mass is 317 g/mol. The third-order valence-electron chi connectivity index (χ3n) is 3.36. The second kappa shape index (κ2) is 7.42. The van der Waals surface area contributed by atoms with E-state index in [0.717, 1.165) is 24.2 Å². The van der Waals surface area contributed by atoms with Gasteiger partial charge in [0.25, 0.3) is 0 Å². The maximum Gasteiger partial charge on any atom is 0.246 e. The van der Waals surface area contributed by atoms with Crippen LogP contribution in [0.2, 0.25) is 0 Å². The van der Waals surface area contributed by atoms with E-state index >= 15 is 0 Å². The van der Waals surface area contributed by atoms with Crippen molar-refractivity contribution in [1.29, 1.82) is 0 Å². The molecule has 1 aliphatic carbocycles. The maximum atomic E-state index is 11.4. The Labute approximate surface area is 134 Å². The average molecular weight is 317 g/mol. The fourth-order valence-corrected chi connectivity index (χ4v) is 2.74. The second-order valence-corrected chi connectivity index (χ2v) is 6.06. The van der Waals surface area contributed by atoms with Crippen molar-refractivity contribution < 1.29 is 14.3 Å². The standard InChI is InChI=1S/C17H19NO3S/c19-17(18-15-4-5-15)11-20-7-8-21-16-3-1-2-13(10-16)14-6-9-22-12-14/h1-3,6,9-10,12,15H,4-5,7-8,11H2,(H,18,19). The van der Waals surface area contributed by atoms with E-state index in [1.807, 2.05) is 18.2 Å². The van der Waals surface area contributed by atoms with Crippen LogP contribution in [-0.4, -0.2) is 31.8 Å². The van der Waals surface area contributed by atoms with Crippen molar-refractivity contribution in [2.24, 2.45) is 0 Å². The van der Waals surface area contributed by atoms with E-state index in [1.165, 1.54) is 5.56 Å². The molecule has 0 bridgehead atoms. The lowest BCUT2D eigenvalue weighted by Crippen LogP contribution is -2.29. The quantitative estimate of drug-likeness (QED) is 0.761. The van der Waals surface area contributed by atoms with Crippen LogP contribution >= 0.6 is 11.3 Å². The van der Waals surface area contributed by atoms with Gasteiger partial charge in [0.2, 0.25) is 5.91 Å². The van der Waals surface area contributed by atoms with Gasteiger partial charge in [-0.2, -0.15) is 11.3 Å². The van der Waals surface area contributed by atoms with E-state index in [4.69, 9.17) is 9.47 Å². The lowest BCUT2D eigenvalue weighted by molar-refractivity contribution is -0.126. The smallest absolute Gasteiger partial charge is 0.246 e. The van der Waals surface area contributed by atoms with Crippen molar-refractivity contribution >= 4 is 17.2 Å². The van der Waals surface area contributed by atoms with Gasteiger partial charge >= 0.3 is 0 Å². The molecule has 2 aromatic rings.